The smallest absolute Gasteiger partial charge is 0.270 e. The van der Waals surface area contributed by atoms with Crippen LogP contribution >= 0.6 is 23.4 Å². The number of nitro groups is 1. The van der Waals surface area contributed by atoms with Crippen LogP contribution in [0.1, 0.15) is 15.9 Å². The maximum absolute atomic E-state index is 13.2. The zero-order valence-electron chi connectivity index (χ0n) is 16.4. The van der Waals surface area contributed by atoms with Crippen LogP contribution in [0.5, 0.6) is 0 Å². The molecule has 2 aromatic rings. The van der Waals surface area contributed by atoms with Crippen LogP contribution in [0.25, 0.3) is 0 Å². The number of anilines is 1. The Hall–Kier alpha value is -2.79. The van der Waals surface area contributed by atoms with Crippen molar-refractivity contribution in [3.63, 3.8) is 0 Å². The van der Waals surface area contributed by atoms with Gasteiger partial charge in [-0.15, -0.1) is 0 Å². The van der Waals surface area contributed by atoms with Crippen LogP contribution in [0.4, 0.5) is 11.4 Å². The molecule has 2 aromatic carbocycles. The molecule has 2 aliphatic heterocycles. The van der Waals surface area contributed by atoms with Gasteiger partial charge in [0.1, 0.15) is 6.17 Å². The van der Waals surface area contributed by atoms with Crippen LogP contribution in [-0.2, 0) is 4.79 Å². The van der Waals surface area contributed by atoms with E-state index in [-0.39, 0.29) is 34.6 Å². The number of ketones is 1. The molecule has 0 spiro atoms. The Bertz CT molecular complexity index is 1110. The third kappa shape index (κ3) is 4.33. The topological polar surface area (TPSA) is 117 Å². The standard InChI is InChI=1S/C20H18ClN5O4S/c1-11-5-6-13(8-16(11)21)25-19(28)15-9-22-24-18(15)23-20(25)31-10-17(27)12-3-2-4-14(7-12)26(29)30/h2-8,15,18,22,24H,9-10H2,1H3. The van der Waals surface area contributed by atoms with Crippen LogP contribution in [0, 0.1) is 23.0 Å². The first kappa shape index (κ1) is 21.4. The molecule has 1 saturated heterocycles. The summed E-state index contributed by atoms with van der Waals surface area (Å²) in [4.78, 5) is 42.4. The lowest BCUT2D eigenvalue weighted by Gasteiger charge is -2.32. The van der Waals surface area contributed by atoms with Crippen molar-refractivity contribution in [1.29, 1.82) is 0 Å². The molecule has 11 heteroatoms. The number of halogens is 1. The summed E-state index contributed by atoms with van der Waals surface area (Å²) < 4.78 is 0. The molecular weight excluding hydrogens is 442 g/mol. The van der Waals surface area contributed by atoms with Gasteiger partial charge in [-0.1, -0.05) is 41.6 Å². The van der Waals surface area contributed by atoms with E-state index < -0.39 is 11.1 Å². The largest absolute Gasteiger partial charge is 0.293 e. The molecule has 1 amide bonds. The minimum absolute atomic E-state index is 0.0335. The van der Waals surface area contributed by atoms with Crippen LogP contribution < -0.4 is 15.8 Å². The maximum atomic E-state index is 13.2. The third-order valence-corrected chi connectivity index (χ3v) is 6.42. The number of hydrazine groups is 1. The van der Waals surface area contributed by atoms with Crippen LogP contribution in [0.2, 0.25) is 5.02 Å². The van der Waals surface area contributed by atoms with Gasteiger partial charge in [0.15, 0.2) is 11.0 Å². The predicted octanol–water partition coefficient (Wildman–Crippen LogP) is 2.93. The molecule has 9 nitrogen and oxygen atoms in total. The first-order chi connectivity index (χ1) is 14.8. The Balaban J connectivity index is 1.60. The van der Waals surface area contributed by atoms with E-state index in [0.29, 0.717) is 22.4 Å². The van der Waals surface area contributed by atoms with E-state index in [1.165, 1.54) is 29.2 Å². The highest BCUT2D eigenvalue weighted by Crippen LogP contribution is 2.32. The van der Waals surface area contributed by atoms with E-state index in [9.17, 15) is 19.7 Å². The fraction of sp³-hybridized carbons (Fsp3) is 0.250. The molecular formula is C20H18ClN5O4S. The highest BCUT2D eigenvalue weighted by atomic mass is 35.5. The number of nitrogens with one attached hydrogen (secondary N) is 2. The molecule has 2 atom stereocenters. The lowest BCUT2D eigenvalue weighted by Crippen LogP contribution is -2.49. The van der Waals surface area contributed by atoms with Gasteiger partial charge in [-0.2, -0.15) is 0 Å². The van der Waals surface area contributed by atoms with E-state index in [1.54, 1.807) is 12.1 Å². The van der Waals surface area contributed by atoms with Gasteiger partial charge in [0.25, 0.3) is 5.69 Å². The average molecular weight is 460 g/mol. The van der Waals surface area contributed by atoms with E-state index in [1.807, 2.05) is 13.0 Å². The molecule has 31 heavy (non-hydrogen) atoms. The fourth-order valence-corrected chi connectivity index (χ4v) is 4.45. The van der Waals surface area contributed by atoms with Gasteiger partial charge in [-0.3, -0.25) is 30.0 Å². The number of aryl methyl sites for hydroxylation is 1. The number of nitrogens with zero attached hydrogens (tertiary/aromatic N) is 3. The SMILES string of the molecule is Cc1ccc(N2C(=O)C3CNNC3N=C2SCC(=O)c2cccc([N+](=O)[O-])c2)cc1Cl. The summed E-state index contributed by atoms with van der Waals surface area (Å²) in [5.41, 5.74) is 7.44. The molecule has 1 fully saturated rings. The van der Waals surface area contributed by atoms with E-state index in [2.05, 4.69) is 15.8 Å². The number of fused-ring (bicyclic) bond motifs is 1. The molecule has 0 aromatic heterocycles. The number of carbonyl (C=O) groups excluding carboxylic acids is 2. The molecule has 2 N–H and O–H groups in total. The number of thioether (sulfide) groups is 1. The Morgan fingerprint density at radius 2 is 2.16 bits per heavy atom. The second-order valence-electron chi connectivity index (χ2n) is 7.11. The Kier molecular flexibility index (Phi) is 6.05. The third-order valence-electron chi connectivity index (χ3n) is 5.06. The molecule has 160 valence electrons. The summed E-state index contributed by atoms with van der Waals surface area (Å²) in [6.07, 6.45) is -0.430. The normalized spacial score (nSPS) is 20.4. The quantitative estimate of drug-likeness (QED) is 0.401. The first-order valence-electron chi connectivity index (χ1n) is 9.42. The molecule has 0 saturated carbocycles. The summed E-state index contributed by atoms with van der Waals surface area (Å²) in [5.74, 6) is -0.862. The van der Waals surface area contributed by atoms with Crippen molar-refractivity contribution in [3.05, 3.63) is 68.7 Å². The van der Waals surface area contributed by atoms with Gasteiger partial charge in [-0.05, 0) is 24.6 Å². The zero-order valence-corrected chi connectivity index (χ0v) is 17.9. The number of benzene rings is 2. The molecule has 0 bridgehead atoms. The minimum atomic E-state index is -0.546. The Labute approximate surface area is 187 Å². The molecule has 0 radical (unpaired) electrons. The van der Waals surface area contributed by atoms with E-state index >= 15 is 0 Å². The van der Waals surface area contributed by atoms with Gasteiger partial charge in [0.05, 0.1) is 22.3 Å². The van der Waals surface area contributed by atoms with Gasteiger partial charge in [0.2, 0.25) is 5.91 Å². The zero-order chi connectivity index (χ0) is 22.1. The summed E-state index contributed by atoms with van der Waals surface area (Å²) >= 11 is 7.37. The number of non-ortho nitro benzene ring substituents is 1. The second-order valence-corrected chi connectivity index (χ2v) is 8.46. The number of carbonyl (C=O) groups is 2. The predicted molar refractivity (Wildman–Crippen MR) is 119 cm³/mol. The molecule has 4 rings (SSSR count). The van der Waals surface area contributed by atoms with Crippen molar-refractivity contribution >= 4 is 51.6 Å². The number of rotatable bonds is 5. The number of hydrogen-bond donors (Lipinski definition) is 2. The molecule has 2 heterocycles. The second kappa shape index (κ2) is 8.75. The Morgan fingerprint density at radius 1 is 1.35 bits per heavy atom. The van der Waals surface area contributed by atoms with E-state index in [4.69, 9.17) is 11.6 Å². The van der Waals surface area contributed by atoms with Crippen molar-refractivity contribution in [3.8, 4) is 0 Å². The fourth-order valence-electron chi connectivity index (χ4n) is 3.33. The number of Topliss-reactive ketones (excluding diaryl/α,β-unsaturated/α-hetero) is 1. The van der Waals surface area contributed by atoms with Gasteiger partial charge in [-0.25, -0.2) is 10.4 Å². The van der Waals surface area contributed by atoms with Gasteiger partial charge < -0.3 is 0 Å². The summed E-state index contributed by atoms with van der Waals surface area (Å²) in [6, 6.07) is 10.9. The lowest BCUT2D eigenvalue weighted by molar-refractivity contribution is -0.384. The number of amidine groups is 1. The molecule has 2 aliphatic rings. The van der Waals surface area contributed by atoms with Crippen molar-refractivity contribution in [2.75, 3.05) is 17.2 Å². The summed E-state index contributed by atoms with van der Waals surface area (Å²) in [5, 5.41) is 11.9. The molecule has 0 aliphatic carbocycles. The average Bonchev–Trinajstić information content (AvgIpc) is 3.23. The monoisotopic (exact) mass is 459 g/mol. The highest BCUT2D eigenvalue weighted by Gasteiger charge is 2.42. The van der Waals surface area contributed by atoms with Gasteiger partial charge >= 0.3 is 0 Å². The summed E-state index contributed by atoms with van der Waals surface area (Å²) in [7, 11) is 0. The molecule has 2 unspecified atom stereocenters. The number of aliphatic imine (C=N–C) groups is 1. The van der Waals surface area contributed by atoms with Crippen molar-refractivity contribution in [2.45, 2.75) is 13.1 Å². The number of nitro benzene ring substituents is 1. The van der Waals surface area contributed by atoms with E-state index in [0.717, 1.165) is 17.3 Å². The van der Waals surface area contributed by atoms with Crippen LogP contribution in [-0.4, -0.2) is 40.2 Å². The van der Waals surface area contributed by atoms with Crippen molar-refractivity contribution in [2.24, 2.45) is 10.9 Å². The van der Waals surface area contributed by atoms with Gasteiger partial charge in [0, 0.05) is 29.3 Å². The van der Waals surface area contributed by atoms with Crippen LogP contribution in [0.15, 0.2) is 47.5 Å². The Morgan fingerprint density at radius 3 is 2.90 bits per heavy atom. The minimum Gasteiger partial charge on any atom is -0.293 e. The van der Waals surface area contributed by atoms with Crippen LogP contribution in [0.3, 0.4) is 0 Å². The maximum Gasteiger partial charge on any atom is 0.270 e. The summed E-state index contributed by atoms with van der Waals surface area (Å²) in [6.45, 7) is 2.31. The number of hydrogen-bond acceptors (Lipinski definition) is 8. The number of amides is 1. The highest BCUT2D eigenvalue weighted by molar-refractivity contribution is 8.14. The lowest BCUT2D eigenvalue weighted by atomic mass is 10.0. The van der Waals surface area contributed by atoms with Crippen molar-refractivity contribution < 1.29 is 14.5 Å². The van der Waals surface area contributed by atoms with Crippen molar-refractivity contribution in [1.82, 2.24) is 10.9 Å². The first-order valence-corrected chi connectivity index (χ1v) is 10.8.